The van der Waals surface area contributed by atoms with Gasteiger partial charge in [0.05, 0.1) is 23.3 Å². The summed E-state index contributed by atoms with van der Waals surface area (Å²) in [5, 5.41) is 6.19. The van der Waals surface area contributed by atoms with Crippen LogP contribution in [-0.4, -0.2) is 43.0 Å². The van der Waals surface area contributed by atoms with Gasteiger partial charge in [0.15, 0.2) is 11.0 Å². The maximum atomic E-state index is 14.9. The first-order valence-corrected chi connectivity index (χ1v) is 11.4. The van der Waals surface area contributed by atoms with Crippen molar-refractivity contribution in [1.82, 2.24) is 35.2 Å². The maximum Gasteiger partial charge on any atom is 0.347 e. The quantitative estimate of drug-likeness (QED) is 0.238. The fraction of sp³-hybridized carbons (Fsp3) is 0.227. The number of aromatic amines is 2. The minimum atomic E-state index is -1.38. The molecule has 0 aliphatic heterocycles. The van der Waals surface area contributed by atoms with E-state index in [9.17, 15) is 13.6 Å². The van der Waals surface area contributed by atoms with E-state index in [0.717, 1.165) is 28.2 Å². The standard InChI is InChI=1S/C22H20F2N8OS/c23-12-4-3-8-26-16(12)11-27-19-18-21(32-22(33)31-19)34-20(30-18)13(24)10-25-9-7-17-28-14-5-1-2-6-15(14)29-17/h1-6,8,13,25H,7,9-11H2,(H,28,29)(H2,27,31,32,33). The van der Waals surface area contributed by atoms with Gasteiger partial charge in [-0.1, -0.05) is 23.5 Å². The number of nitrogens with zero attached hydrogens (tertiary/aromatic N) is 4. The number of pyridine rings is 1. The van der Waals surface area contributed by atoms with Gasteiger partial charge in [0.25, 0.3) is 0 Å². The van der Waals surface area contributed by atoms with E-state index < -0.39 is 17.7 Å². The van der Waals surface area contributed by atoms with Gasteiger partial charge >= 0.3 is 5.69 Å². The summed E-state index contributed by atoms with van der Waals surface area (Å²) in [6.45, 7) is 0.608. The van der Waals surface area contributed by atoms with Crippen LogP contribution in [0, 0.1) is 5.82 Å². The van der Waals surface area contributed by atoms with Crippen LogP contribution in [0.4, 0.5) is 14.6 Å². The zero-order chi connectivity index (χ0) is 23.5. The molecule has 1 atom stereocenters. The van der Waals surface area contributed by atoms with Crippen molar-refractivity contribution in [3.05, 3.63) is 75.4 Å². The molecular formula is C22H20F2N8OS. The lowest BCUT2D eigenvalue weighted by molar-refractivity contribution is 0.328. The van der Waals surface area contributed by atoms with E-state index in [-0.39, 0.29) is 29.6 Å². The van der Waals surface area contributed by atoms with Crippen LogP contribution in [0.3, 0.4) is 0 Å². The van der Waals surface area contributed by atoms with Crippen molar-refractivity contribution in [2.75, 3.05) is 18.4 Å². The SMILES string of the molecule is O=c1nc2sc(C(F)CNCCc3nc4ccccc4[nH]3)nc2c(NCc2ncccc2F)[nH]1. The van der Waals surface area contributed by atoms with E-state index in [1.54, 1.807) is 0 Å². The fourth-order valence-corrected chi connectivity index (χ4v) is 4.40. The highest BCUT2D eigenvalue weighted by molar-refractivity contribution is 7.18. The minimum Gasteiger partial charge on any atom is -0.364 e. The van der Waals surface area contributed by atoms with Gasteiger partial charge in [0.2, 0.25) is 0 Å². The first kappa shape index (κ1) is 22.0. The van der Waals surface area contributed by atoms with Crippen molar-refractivity contribution < 1.29 is 8.78 Å². The van der Waals surface area contributed by atoms with E-state index in [1.165, 1.54) is 18.3 Å². The zero-order valence-corrected chi connectivity index (χ0v) is 18.6. The van der Waals surface area contributed by atoms with Crippen LogP contribution in [-0.2, 0) is 13.0 Å². The van der Waals surface area contributed by atoms with Crippen LogP contribution in [0.5, 0.6) is 0 Å². The Balaban J connectivity index is 1.22. The third kappa shape index (κ3) is 4.77. The second-order valence-electron chi connectivity index (χ2n) is 7.53. The lowest BCUT2D eigenvalue weighted by atomic mass is 10.3. The van der Waals surface area contributed by atoms with Crippen molar-refractivity contribution in [3.63, 3.8) is 0 Å². The highest BCUT2D eigenvalue weighted by Crippen LogP contribution is 2.29. The summed E-state index contributed by atoms with van der Waals surface area (Å²) < 4.78 is 28.7. The molecular weight excluding hydrogens is 462 g/mol. The Morgan fingerprint density at radius 1 is 1.09 bits per heavy atom. The Kier molecular flexibility index (Phi) is 6.23. The van der Waals surface area contributed by atoms with Gasteiger partial charge in [-0.3, -0.25) is 9.97 Å². The number of rotatable bonds is 9. The molecule has 0 fully saturated rings. The summed E-state index contributed by atoms with van der Waals surface area (Å²) in [6.07, 6.45) is 0.710. The Morgan fingerprint density at radius 3 is 2.82 bits per heavy atom. The van der Waals surface area contributed by atoms with Gasteiger partial charge in [0, 0.05) is 25.7 Å². The van der Waals surface area contributed by atoms with Crippen molar-refractivity contribution in [3.8, 4) is 0 Å². The number of aromatic nitrogens is 6. The average molecular weight is 483 g/mol. The summed E-state index contributed by atoms with van der Waals surface area (Å²) in [5.41, 5.74) is 1.76. The van der Waals surface area contributed by atoms with Crippen LogP contribution in [0.1, 0.15) is 22.7 Å². The Bertz CT molecular complexity index is 1460. The number of hydrogen-bond donors (Lipinski definition) is 4. The number of H-pyrrole nitrogens is 2. The number of anilines is 1. The molecule has 0 saturated carbocycles. The van der Waals surface area contributed by atoms with E-state index in [1.807, 2.05) is 24.3 Å². The number of alkyl halides is 1. The number of imidazole rings is 1. The van der Waals surface area contributed by atoms with E-state index in [0.29, 0.717) is 23.3 Å². The van der Waals surface area contributed by atoms with Gasteiger partial charge in [0.1, 0.15) is 28.0 Å². The molecule has 34 heavy (non-hydrogen) atoms. The number of thiazole rings is 1. The number of hydrogen-bond acceptors (Lipinski definition) is 8. The first-order valence-electron chi connectivity index (χ1n) is 10.6. The highest BCUT2D eigenvalue weighted by atomic mass is 32.1. The number of benzene rings is 1. The summed E-state index contributed by atoms with van der Waals surface area (Å²) in [7, 11) is 0. The normalized spacial score (nSPS) is 12.4. The van der Waals surface area contributed by atoms with Crippen LogP contribution < -0.4 is 16.3 Å². The van der Waals surface area contributed by atoms with Crippen molar-refractivity contribution >= 4 is 38.5 Å². The lowest BCUT2D eigenvalue weighted by Gasteiger charge is -2.07. The van der Waals surface area contributed by atoms with Crippen LogP contribution in [0.25, 0.3) is 21.4 Å². The monoisotopic (exact) mass is 482 g/mol. The topological polar surface area (TPSA) is 124 Å². The summed E-state index contributed by atoms with van der Waals surface area (Å²) >= 11 is 1.01. The molecule has 0 amide bonds. The van der Waals surface area contributed by atoms with E-state index in [4.69, 9.17) is 0 Å². The van der Waals surface area contributed by atoms with E-state index >= 15 is 0 Å². The molecule has 0 radical (unpaired) electrons. The largest absolute Gasteiger partial charge is 0.364 e. The molecule has 0 bridgehead atoms. The van der Waals surface area contributed by atoms with Gasteiger partial charge in [-0.2, -0.15) is 4.98 Å². The molecule has 12 heteroatoms. The van der Waals surface area contributed by atoms with Gasteiger partial charge in [-0.05, 0) is 24.3 Å². The zero-order valence-electron chi connectivity index (χ0n) is 17.8. The third-order valence-corrected chi connectivity index (χ3v) is 6.17. The average Bonchev–Trinajstić information content (AvgIpc) is 3.45. The van der Waals surface area contributed by atoms with Gasteiger partial charge < -0.3 is 15.6 Å². The highest BCUT2D eigenvalue weighted by Gasteiger charge is 2.19. The number of para-hydroxylation sites is 2. The molecule has 0 aliphatic rings. The smallest absolute Gasteiger partial charge is 0.347 e. The van der Waals surface area contributed by atoms with Gasteiger partial charge in [-0.15, -0.1) is 0 Å². The van der Waals surface area contributed by atoms with Crippen molar-refractivity contribution in [2.45, 2.75) is 19.1 Å². The van der Waals surface area contributed by atoms with Crippen molar-refractivity contribution in [2.24, 2.45) is 0 Å². The molecule has 1 aromatic carbocycles. The number of halogens is 2. The fourth-order valence-electron chi connectivity index (χ4n) is 3.48. The maximum absolute atomic E-state index is 14.9. The summed E-state index contributed by atoms with van der Waals surface area (Å²) in [6, 6.07) is 10.5. The van der Waals surface area contributed by atoms with Gasteiger partial charge in [-0.25, -0.2) is 23.5 Å². The third-order valence-electron chi connectivity index (χ3n) is 5.13. The van der Waals surface area contributed by atoms with Crippen LogP contribution in [0.2, 0.25) is 0 Å². The predicted octanol–water partition coefficient (Wildman–Crippen LogP) is 3.25. The molecule has 4 heterocycles. The van der Waals surface area contributed by atoms with Crippen LogP contribution >= 0.6 is 11.3 Å². The molecule has 5 aromatic rings. The summed E-state index contributed by atoms with van der Waals surface area (Å²) in [4.78, 5) is 34.7. The molecule has 174 valence electrons. The van der Waals surface area contributed by atoms with Crippen molar-refractivity contribution in [1.29, 1.82) is 0 Å². The lowest BCUT2D eigenvalue weighted by Crippen LogP contribution is -2.22. The molecule has 9 nitrogen and oxygen atoms in total. The molecule has 1 unspecified atom stereocenters. The molecule has 4 N–H and O–H groups in total. The first-order chi connectivity index (χ1) is 16.6. The molecule has 0 spiro atoms. The summed E-state index contributed by atoms with van der Waals surface area (Å²) in [5.74, 6) is 0.596. The molecule has 0 saturated heterocycles. The second-order valence-corrected chi connectivity index (χ2v) is 8.54. The molecule has 0 aliphatic carbocycles. The second kappa shape index (κ2) is 9.61. The Morgan fingerprint density at radius 2 is 1.97 bits per heavy atom. The van der Waals surface area contributed by atoms with E-state index in [2.05, 4.69) is 40.5 Å². The Labute approximate surface area is 195 Å². The molecule has 5 rings (SSSR count). The number of fused-ring (bicyclic) bond motifs is 2. The Hall–Kier alpha value is -3.77. The predicted molar refractivity (Wildman–Crippen MR) is 126 cm³/mol. The molecule has 4 aromatic heterocycles. The minimum absolute atomic E-state index is 0.0248. The number of nitrogens with one attached hydrogen (secondary N) is 4. The van der Waals surface area contributed by atoms with Crippen LogP contribution in [0.15, 0.2) is 47.4 Å².